The van der Waals surface area contributed by atoms with E-state index in [2.05, 4.69) is 39.4 Å². The lowest BCUT2D eigenvalue weighted by Gasteiger charge is -2.34. The predicted octanol–water partition coefficient (Wildman–Crippen LogP) is 2.08. The van der Waals surface area contributed by atoms with Gasteiger partial charge in [-0.2, -0.15) is 5.10 Å². The molecule has 0 bridgehead atoms. The van der Waals surface area contributed by atoms with E-state index in [4.69, 9.17) is 4.74 Å². The molecule has 0 aliphatic carbocycles. The van der Waals surface area contributed by atoms with E-state index in [1.807, 2.05) is 13.8 Å². The third kappa shape index (κ3) is 4.86. The quantitative estimate of drug-likeness (QED) is 0.784. The van der Waals surface area contributed by atoms with Crippen LogP contribution >= 0.6 is 0 Å². The van der Waals surface area contributed by atoms with E-state index >= 15 is 0 Å². The van der Waals surface area contributed by atoms with Crippen LogP contribution in [0.5, 0.6) is 5.88 Å². The third-order valence-corrected chi connectivity index (χ3v) is 5.05. The highest BCUT2D eigenvalue weighted by molar-refractivity contribution is 5.95. The summed E-state index contributed by atoms with van der Waals surface area (Å²) in [5.41, 5.74) is 1.28. The zero-order valence-corrected chi connectivity index (χ0v) is 17.2. The standard InChI is InChI=1S/C20H30N6O2/c1-5-28-19-7-6-18(23-24-19)26-16(4)17(11-22-26)20(27)21-8-9-25-12-14(2)10-15(3)13-25/h6-7,11,14-15H,5,8-10,12-13H2,1-4H3,(H,21,27). The number of piperidine rings is 1. The summed E-state index contributed by atoms with van der Waals surface area (Å²) in [6, 6.07) is 3.52. The molecule has 1 aliphatic rings. The van der Waals surface area contributed by atoms with Gasteiger partial charge in [0, 0.05) is 32.2 Å². The van der Waals surface area contributed by atoms with Crippen molar-refractivity contribution < 1.29 is 9.53 Å². The van der Waals surface area contributed by atoms with Gasteiger partial charge < -0.3 is 15.0 Å². The van der Waals surface area contributed by atoms with E-state index in [1.165, 1.54) is 6.42 Å². The lowest BCUT2D eigenvalue weighted by molar-refractivity contribution is 0.0936. The molecule has 3 heterocycles. The van der Waals surface area contributed by atoms with Gasteiger partial charge in [-0.1, -0.05) is 13.8 Å². The normalized spacial score (nSPS) is 20.1. The number of hydrogen-bond acceptors (Lipinski definition) is 6. The molecule has 1 fully saturated rings. The number of nitrogens with one attached hydrogen (secondary N) is 1. The fraction of sp³-hybridized carbons (Fsp3) is 0.600. The average molecular weight is 387 g/mol. The number of carbonyl (C=O) groups excluding carboxylic acids is 1. The van der Waals surface area contributed by atoms with Crippen molar-refractivity contribution in [3.05, 3.63) is 29.6 Å². The number of carbonyl (C=O) groups is 1. The minimum absolute atomic E-state index is 0.110. The highest BCUT2D eigenvalue weighted by atomic mass is 16.5. The highest BCUT2D eigenvalue weighted by Gasteiger charge is 2.22. The van der Waals surface area contributed by atoms with E-state index < -0.39 is 0 Å². The van der Waals surface area contributed by atoms with Crippen LogP contribution in [0.1, 0.15) is 43.2 Å². The minimum atomic E-state index is -0.110. The number of aromatic nitrogens is 4. The predicted molar refractivity (Wildman–Crippen MR) is 107 cm³/mol. The molecule has 152 valence electrons. The van der Waals surface area contributed by atoms with E-state index in [1.54, 1.807) is 23.0 Å². The van der Waals surface area contributed by atoms with Crippen molar-refractivity contribution >= 4 is 5.91 Å². The topological polar surface area (TPSA) is 85.2 Å². The van der Waals surface area contributed by atoms with Crippen molar-refractivity contribution in [1.82, 2.24) is 30.2 Å². The Bertz CT molecular complexity index is 778. The molecule has 0 spiro atoms. The van der Waals surface area contributed by atoms with Gasteiger partial charge in [-0.3, -0.25) is 4.79 Å². The van der Waals surface area contributed by atoms with Gasteiger partial charge >= 0.3 is 0 Å². The summed E-state index contributed by atoms with van der Waals surface area (Å²) in [4.78, 5) is 15.0. The number of amides is 1. The maximum Gasteiger partial charge on any atom is 0.254 e. The Hall–Kier alpha value is -2.48. The van der Waals surface area contributed by atoms with Crippen LogP contribution in [-0.4, -0.2) is 63.6 Å². The largest absolute Gasteiger partial charge is 0.477 e. The first kappa shape index (κ1) is 20.3. The second kappa shape index (κ2) is 9.14. The average Bonchev–Trinajstić information content (AvgIpc) is 3.03. The maximum atomic E-state index is 12.6. The summed E-state index contributed by atoms with van der Waals surface area (Å²) in [6.45, 7) is 12.6. The van der Waals surface area contributed by atoms with Crippen LogP contribution in [0.15, 0.2) is 18.3 Å². The van der Waals surface area contributed by atoms with Crippen LogP contribution in [-0.2, 0) is 0 Å². The van der Waals surface area contributed by atoms with Gasteiger partial charge in [0.1, 0.15) is 0 Å². The van der Waals surface area contributed by atoms with Crippen molar-refractivity contribution in [3.63, 3.8) is 0 Å². The molecule has 0 saturated carbocycles. The Balaban J connectivity index is 1.57. The summed E-state index contributed by atoms with van der Waals surface area (Å²) < 4.78 is 6.92. The van der Waals surface area contributed by atoms with Crippen molar-refractivity contribution in [1.29, 1.82) is 0 Å². The van der Waals surface area contributed by atoms with Gasteiger partial charge in [-0.05, 0) is 38.2 Å². The first-order chi connectivity index (χ1) is 13.5. The third-order valence-electron chi connectivity index (χ3n) is 5.05. The van der Waals surface area contributed by atoms with Gasteiger partial charge in [0.25, 0.3) is 5.91 Å². The molecular weight excluding hydrogens is 356 g/mol. The Morgan fingerprint density at radius 1 is 1.25 bits per heavy atom. The Labute approximate surface area is 166 Å². The lowest BCUT2D eigenvalue weighted by Crippen LogP contribution is -2.42. The summed E-state index contributed by atoms with van der Waals surface area (Å²) >= 11 is 0. The molecule has 28 heavy (non-hydrogen) atoms. The van der Waals surface area contributed by atoms with Crippen LogP contribution in [0.25, 0.3) is 5.82 Å². The summed E-state index contributed by atoms with van der Waals surface area (Å²) in [5, 5.41) is 15.5. The molecule has 2 unspecified atom stereocenters. The summed E-state index contributed by atoms with van der Waals surface area (Å²) in [7, 11) is 0. The Morgan fingerprint density at radius 3 is 2.64 bits per heavy atom. The first-order valence-corrected chi connectivity index (χ1v) is 10.00. The molecule has 1 N–H and O–H groups in total. The van der Waals surface area contributed by atoms with Gasteiger partial charge in [0.15, 0.2) is 5.82 Å². The number of likely N-dealkylation sites (tertiary alicyclic amines) is 1. The SMILES string of the molecule is CCOc1ccc(-n2ncc(C(=O)NCCN3CC(C)CC(C)C3)c2C)nn1. The summed E-state index contributed by atoms with van der Waals surface area (Å²) in [5.74, 6) is 2.35. The maximum absolute atomic E-state index is 12.6. The molecule has 0 aromatic carbocycles. The minimum Gasteiger partial charge on any atom is -0.477 e. The van der Waals surface area contributed by atoms with Crippen LogP contribution in [0.4, 0.5) is 0 Å². The molecule has 2 aromatic rings. The molecule has 8 nitrogen and oxygen atoms in total. The molecule has 1 amide bonds. The van der Waals surface area contributed by atoms with E-state index in [0.717, 1.165) is 37.2 Å². The molecular formula is C20H30N6O2. The number of nitrogens with zero attached hydrogens (tertiary/aromatic N) is 5. The van der Waals surface area contributed by atoms with Crippen LogP contribution in [0, 0.1) is 18.8 Å². The molecule has 2 atom stereocenters. The van der Waals surface area contributed by atoms with Crippen LogP contribution < -0.4 is 10.1 Å². The number of ether oxygens (including phenoxy) is 1. The van der Waals surface area contributed by atoms with Gasteiger partial charge in [0.05, 0.1) is 24.1 Å². The van der Waals surface area contributed by atoms with Gasteiger partial charge in [-0.25, -0.2) is 4.68 Å². The molecule has 1 aliphatic heterocycles. The smallest absolute Gasteiger partial charge is 0.254 e. The van der Waals surface area contributed by atoms with E-state index in [-0.39, 0.29) is 5.91 Å². The van der Waals surface area contributed by atoms with Crippen molar-refractivity contribution in [3.8, 4) is 11.7 Å². The lowest BCUT2D eigenvalue weighted by atomic mass is 9.92. The monoisotopic (exact) mass is 386 g/mol. The van der Waals surface area contributed by atoms with Crippen LogP contribution in [0.3, 0.4) is 0 Å². The Kier molecular flexibility index (Phi) is 6.61. The molecule has 8 heteroatoms. The van der Waals surface area contributed by atoms with Gasteiger partial charge in [-0.15, -0.1) is 10.2 Å². The van der Waals surface area contributed by atoms with Crippen molar-refractivity contribution in [2.24, 2.45) is 11.8 Å². The zero-order chi connectivity index (χ0) is 20.1. The molecule has 3 rings (SSSR count). The van der Waals surface area contributed by atoms with E-state index in [0.29, 0.717) is 30.4 Å². The second-order valence-corrected chi connectivity index (χ2v) is 7.68. The molecule has 1 saturated heterocycles. The number of hydrogen-bond donors (Lipinski definition) is 1. The molecule has 2 aromatic heterocycles. The zero-order valence-electron chi connectivity index (χ0n) is 17.2. The highest BCUT2D eigenvalue weighted by Crippen LogP contribution is 2.20. The molecule has 0 radical (unpaired) electrons. The van der Waals surface area contributed by atoms with E-state index in [9.17, 15) is 4.79 Å². The fourth-order valence-corrected chi connectivity index (χ4v) is 3.91. The van der Waals surface area contributed by atoms with Gasteiger partial charge in [0.2, 0.25) is 5.88 Å². The fourth-order valence-electron chi connectivity index (χ4n) is 3.91. The second-order valence-electron chi connectivity index (χ2n) is 7.68. The van der Waals surface area contributed by atoms with Crippen molar-refractivity contribution in [2.45, 2.75) is 34.1 Å². The first-order valence-electron chi connectivity index (χ1n) is 10.00. The Morgan fingerprint density at radius 2 is 2.00 bits per heavy atom. The number of rotatable bonds is 7. The van der Waals surface area contributed by atoms with Crippen molar-refractivity contribution in [2.75, 3.05) is 32.8 Å². The van der Waals surface area contributed by atoms with Crippen LogP contribution in [0.2, 0.25) is 0 Å². The summed E-state index contributed by atoms with van der Waals surface area (Å²) in [6.07, 6.45) is 2.86.